The van der Waals surface area contributed by atoms with Crippen LogP contribution >= 0.6 is 34.2 Å². The van der Waals surface area contributed by atoms with Gasteiger partial charge in [0.05, 0.1) is 16.4 Å². The van der Waals surface area contributed by atoms with Crippen LogP contribution in [0.25, 0.3) is 6.08 Å². The number of barbiturate groups is 1. The van der Waals surface area contributed by atoms with Crippen LogP contribution in [0, 0.1) is 3.57 Å². The van der Waals surface area contributed by atoms with E-state index < -0.39 is 17.8 Å². The summed E-state index contributed by atoms with van der Waals surface area (Å²) in [5.41, 5.74) is 0.504. The van der Waals surface area contributed by atoms with Crippen LogP contribution in [0.1, 0.15) is 5.56 Å². The number of carbonyl (C=O) groups excluding carboxylic acids is 3. The van der Waals surface area contributed by atoms with Crippen LogP contribution in [-0.4, -0.2) is 30.1 Å². The van der Waals surface area contributed by atoms with E-state index in [9.17, 15) is 19.5 Å². The van der Waals surface area contributed by atoms with E-state index in [2.05, 4.69) is 5.32 Å². The fourth-order valence-electron chi connectivity index (χ4n) is 2.48. The van der Waals surface area contributed by atoms with Crippen LogP contribution in [0.3, 0.4) is 0 Å². The van der Waals surface area contributed by atoms with Gasteiger partial charge in [-0.1, -0.05) is 11.6 Å². The number of nitrogens with zero attached hydrogens (tertiary/aromatic N) is 1. The highest BCUT2D eigenvalue weighted by Gasteiger charge is 2.36. The van der Waals surface area contributed by atoms with Crippen LogP contribution < -0.4 is 15.0 Å². The molecule has 9 heteroatoms. The van der Waals surface area contributed by atoms with Crippen LogP contribution in [-0.2, 0) is 9.59 Å². The highest BCUT2D eigenvalue weighted by atomic mass is 127. The summed E-state index contributed by atoms with van der Waals surface area (Å²) in [4.78, 5) is 38.0. The molecule has 0 aliphatic carbocycles. The zero-order chi connectivity index (χ0) is 19.7. The highest BCUT2D eigenvalue weighted by Crippen LogP contribution is 2.33. The third-order valence-electron chi connectivity index (χ3n) is 3.77. The second-order valence-corrected chi connectivity index (χ2v) is 7.09. The number of aromatic hydroxyl groups is 1. The molecule has 1 fully saturated rings. The molecule has 0 radical (unpaired) electrons. The minimum absolute atomic E-state index is 0.0439. The number of carbonyl (C=O) groups is 3. The zero-order valence-electron chi connectivity index (χ0n) is 13.8. The largest absolute Gasteiger partial charge is 0.504 e. The van der Waals surface area contributed by atoms with E-state index in [-0.39, 0.29) is 22.8 Å². The van der Waals surface area contributed by atoms with Crippen molar-refractivity contribution in [3.63, 3.8) is 0 Å². The number of amides is 4. The van der Waals surface area contributed by atoms with E-state index in [1.807, 2.05) is 22.6 Å². The molecule has 0 spiro atoms. The molecule has 0 unspecified atom stereocenters. The number of methoxy groups -OCH3 is 1. The Bertz CT molecular complexity index is 988. The van der Waals surface area contributed by atoms with Crippen molar-refractivity contribution in [1.82, 2.24) is 5.32 Å². The number of nitrogens with one attached hydrogen (secondary N) is 1. The Hall–Kier alpha value is -2.59. The molecule has 0 atom stereocenters. The van der Waals surface area contributed by atoms with E-state index in [1.165, 1.54) is 43.5 Å². The lowest BCUT2D eigenvalue weighted by molar-refractivity contribution is -0.122. The second-order valence-electron chi connectivity index (χ2n) is 5.49. The summed E-state index contributed by atoms with van der Waals surface area (Å²) in [5, 5.41) is 12.5. The molecule has 2 aromatic carbocycles. The number of benzene rings is 2. The van der Waals surface area contributed by atoms with Gasteiger partial charge in [-0.15, -0.1) is 0 Å². The molecule has 0 aromatic heterocycles. The second kappa shape index (κ2) is 7.57. The van der Waals surface area contributed by atoms with Crippen LogP contribution in [0.5, 0.6) is 11.5 Å². The summed E-state index contributed by atoms with van der Waals surface area (Å²) in [6.45, 7) is 0. The van der Waals surface area contributed by atoms with Gasteiger partial charge in [0.2, 0.25) is 0 Å². The average molecular weight is 499 g/mol. The van der Waals surface area contributed by atoms with E-state index in [1.54, 1.807) is 6.07 Å². The van der Waals surface area contributed by atoms with Gasteiger partial charge in [0.25, 0.3) is 11.8 Å². The molecule has 3 rings (SSSR count). The Kier molecular flexibility index (Phi) is 5.38. The van der Waals surface area contributed by atoms with Gasteiger partial charge in [-0.25, -0.2) is 9.69 Å². The number of hydrogen-bond donors (Lipinski definition) is 2. The summed E-state index contributed by atoms with van der Waals surface area (Å²) >= 11 is 7.74. The van der Waals surface area contributed by atoms with Gasteiger partial charge in [0.1, 0.15) is 5.57 Å². The van der Waals surface area contributed by atoms with Crippen LogP contribution in [0.4, 0.5) is 10.5 Å². The number of ether oxygens (including phenoxy) is 1. The van der Waals surface area contributed by atoms with E-state index in [0.29, 0.717) is 14.2 Å². The third kappa shape index (κ3) is 3.76. The van der Waals surface area contributed by atoms with E-state index in [0.717, 1.165) is 4.90 Å². The highest BCUT2D eigenvalue weighted by molar-refractivity contribution is 14.1. The maximum Gasteiger partial charge on any atom is 0.335 e. The number of phenolic OH excluding ortho intramolecular Hbond substituents is 1. The first kappa shape index (κ1) is 19.2. The number of phenols is 1. The molecule has 27 heavy (non-hydrogen) atoms. The molecule has 2 aromatic rings. The molecule has 0 bridgehead atoms. The Balaban J connectivity index is 2.04. The number of anilines is 1. The molecular weight excluding hydrogens is 487 g/mol. The molecule has 7 nitrogen and oxygen atoms in total. The van der Waals surface area contributed by atoms with Crippen molar-refractivity contribution in [2.45, 2.75) is 0 Å². The van der Waals surface area contributed by atoms with Crippen molar-refractivity contribution >= 4 is 63.8 Å². The van der Waals surface area contributed by atoms with Crippen molar-refractivity contribution in [3.8, 4) is 11.5 Å². The van der Waals surface area contributed by atoms with Crippen molar-refractivity contribution in [2.24, 2.45) is 0 Å². The Labute approximate surface area is 172 Å². The molecule has 1 aliphatic rings. The van der Waals surface area contributed by atoms with E-state index >= 15 is 0 Å². The van der Waals surface area contributed by atoms with Gasteiger partial charge in [-0.2, -0.15) is 0 Å². The Morgan fingerprint density at radius 1 is 1.19 bits per heavy atom. The van der Waals surface area contributed by atoms with Crippen molar-refractivity contribution < 1.29 is 24.2 Å². The molecular formula is C18H12ClIN2O5. The quantitative estimate of drug-likeness (QED) is 0.385. The first-order valence-electron chi connectivity index (χ1n) is 7.55. The number of halogens is 2. The first-order valence-corrected chi connectivity index (χ1v) is 9.01. The summed E-state index contributed by atoms with van der Waals surface area (Å²) < 4.78 is 5.56. The molecule has 1 heterocycles. The van der Waals surface area contributed by atoms with E-state index in [4.69, 9.17) is 16.3 Å². The first-order chi connectivity index (χ1) is 12.8. The van der Waals surface area contributed by atoms with Gasteiger partial charge < -0.3 is 9.84 Å². The Morgan fingerprint density at radius 3 is 2.48 bits per heavy atom. The van der Waals surface area contributed by atoms with Gasteiger partial charge in [-0.3, -0.25) is 14.9 Å². The lowest BCUT2D eigenvalue weighted by Gasteiger charge is -2.26. The van der Waals surface area contributed by atoms with Crippen LogP contribution in [0.15, 0.2) is 42.0 Å². The predicted octanol–water partition coefficient (Wildman–Crippen LogP) is 3.33. The lowest BCUT2D eigenvalue weighted by atomic mass is 10.1. The maximum absolute atomic E-state index is 12.8. The number of imide groups is 2. The van der Waals surface area contributed by atoms with Crippen molar-refractivity contribution in [1.29, 1.82) is 0 Å². The third-order valence-corrected chi connectivity index (χ3v) is 4.84. The van der Waals surface area contributed by atoms with Crippen LogP contribution in [0.2, 0.25) is 5.02 Å². The molecule has 0 saturated carbocycles. The maximum atomic E-state index is 12.8. The SMILES string of the molecule is COc1cc(C=C2C(=O)NC(=O)N(c3ccc(Cl)cc3)C2=O)cc(I)c1O. The minimum atomic E-state index is -0.845. The average Bonchev–Trinajstić information content (AvgIpc) is 2.62. The molecule has 2 N–H and O–H groups in total. The number of urea groups is 1. The zero-order valence-corrected chi connectivity index (χ0v) is 16.7. The standard InChI is InChI=1S/C18H12ClIN2O5/c1-27-14-8-9(7-13(20)15(14)23)6-12-16(24)21-18(26)22(17(12)25)11-4-2-10(19)3-5-11/h2-8,23H,1H3,(H,21,24,26). The molecule has 1 aliphatic heterocycles. The summed E-state index contributed by atoms with van der Waals surface area (Å²) in [6.07, 6.45) is 1.33. The number of hydrogen-bond acceptors (Lipinski definition) is 5. The monoisotopic (exact) mass is 498 g/mol. The van der Waals surface area contributed by atoms with Gasteiger partial charge in [0, 0.05) is 5.02 Å². The lowest BCUT2D eigenvalue weighted by Crippen LogP contribution is -2.54. The summed E-state index contributed by atoms with van der Waals surface area (Å²) in [7, 11) is 1.39. The number of rotatable bonds is 3. The summed E-state index contributed by atoms with van der Waals surface area (Å²) in [5.74, 6) is -1.42. The fourth-order valence-corrected chi connectivity index (χ4v) is 3.23. The van der Waals surface area contributed by atoms with Gasteiger partial charge in [-0.05, 0) is 70.6 Å². The normalized spacial score (nSPS) is 15.9. The molecule has 4 amide bonds. The predicted molar refractivity (Wildman–Crippen MR) is 108 cm³/mol. The van der Waals surface area contributed by atoms with Gasteiger partial charge >= 0.3 is 6.03 Å². The van der Waals surface area contributed by atoms with Crippen molar-refractivity contribution in [3.05, 3.63) is 56.1 Å². The summed E-state index contributed by atoms with van der Waals surface area (Å²) in [6, 6.07) is 8.28. The topological polar surface area (TPSA) is 95.9 Å². The smallest absolute Gasteiger partial charge is 0.335 e. The fraction of sp³-hybridized carbons (Fsp3) is 0.0556. The van der Waals surface area contributed by atoms with Gasteiger partial charge in [0.15, 0.2) is 11.5 Å². The minimum Gasteiger partial charge on any atom is -0.504 e. The Morgan fingerprint density at radius 2 is 1.85 bits per heavy atom. The molecule has 1 saturated heterocycles. The van der Waals surface area contributed by atoms with Crippen molar-refractivity contribution in [2.75, 3.05) is 12.0 Å². The molecule has 138 valence electrons.